The van der Waals surface area contributed by atoms with Crippen LogP contribution in [0.25, 0.3) is 0 Å². The van der Waals surface area contributed by atoms with Gasteiger partial charge in [-0.2, -0.15) is 0 Å². The second-order valence-electron chi connectivity index (χ2n) is 3.75. The van der Waals surface area contributed by atoms with Gasteiger partial charge in [-0.15, -0.1) is 0 Å². The van der Waals surface area contributed by atoms with Gasteiger partial charge in [0.1, 0.15) is 0 Å². The van der Waals surface area contributed by atoms with Gasteiger partial charge in [0, 0.05) is 11.7 Å². The zero-order chi connectivity index (χ0) is 9.35. The minimum absolute atomic E-state index is 0.0183. The van der Waals surface area contributed by atoms with Crippen LogP contribution in [0.4, 0.5) is 0 Å². The fourth-order valence-electron chi connectivity index (χ4n) is 1.26. The van der Waals surface area contributed by atoms with E-state index in [0.717, 1.165) is 5.69 Å². The fraction of sp³-hybridized carbons (Fsp3) is 0.625. The summed E-state index contributed by atoms with van der Waals surface area (Å²) in [4.78, 5) is 2.91. The molecule has 0 saturated heterocycles. The number of rotatable bonds is 1. The van der Waals surface area contributed by atoms with Crippen molar-refractivity contribution in [2.75, 3.05) is 0 Å². The van der Waals surface area contributed by atoms with Crippen LogP contribution >= 0.6 is 12.2 Å². The molecule has 1 rings (SSSR count). The van der Waals surface area contributed by atoms with Crippen molar-refractivity contribution in [1.82, 2.24) is 9.55 Å². The Morgan fingerprint density at radius 2 is 2.17 bits per heavy atom. The molecule has 0 atom stereocenters. The third-order valence-electron chi connectivity index (χ3n) is 1.69. The molecule has 0 aliphatic carbocycles. The largest absolute Gasteiger partial charge is 0.390 e. The summed E-state index contributed by atoms with van der Waals surface area (Å²) in [5.41, 5.74) is 0.752. The highest BCUT2D eigenvalue weighted by atomic mass is 32.1. The van der Waals surface area contributed by atoms with Crippen molar-refractivity contribution in [2.24, 2.45) is 0 Å². The molecule has 0 bridgehead atoms. The lowest BCUT2D eigenvalue weighted by Gasteiger charge is -2.22. The second-order valence-corrected chi connectivity index (χ2v) is 4.14. The predicted octanol–water partition coefficient (Wildman–Crippen LogP) is 1.79. The molecule has 4 heteroatoms. The van der Waals surface area contributed by atoms with Crippen LogP contribution in [0, 0.1) is 4.77 Å². The Bertz CT molecular complexity index is 319. The van der Waals surface area contributed by atoms with Gasteiger partial charge in [0.05, 0.1) is 12.3 Å². The number of aliphatic hydroxyl groups is 1. The van der Waals surface area contributed by atoms with Crippen molar-refractivity contribution in [1.29, 1.82) is 0 Å². The summed E-state index contributed by atoms with van der Waals surface area (Å²) in [6.07, 6.45) is 1.74. The smallest absolute Gasteiger partial charge is 0.177 e. The third kappa shape index (κ3) is 1.59. The molecule has 0 spiro atoms. The first-order chi connectivity index (χ1) is 5.46. The van der Waals surface area contributed by atoms with Crippen LogP contribution in [0.2, 0.25) is 0 Å². The molecule has 1 aromatic rings. The van der Waals surface area contributed by atoms with E-state index < -0.39 is 0 Å². The first-order valence-electron chi connectivity index (χ1n) is 3.87. The Morgan fingerprint density at radius 1 is 1.58 bits per heavy atom. The molecular formula is C8H14N2OS. The molecular weight excluding hydrogens is 172 g/mol. The van der Waals surface area contributed by atoms with Crippen LogP contribution < -0.4 is 0 Å². The quantitative estimate of drug-likeness (QED) is 0.656. The number of hydrogen-bond donors (Lipinski definition) is 2. The van der Waals surface area contributed by atoms with Gasteiger partial charge in [0.15, 0.2) is 4.77 Å². The normalized spacial score (nSPS) is 12.0. The van der Waals surface area contributed by atoms with Gasteiger partial charge in [-0.1, -0.05) is 0 Å². The van der Waals surface area contributed by atoms with Crippen molar-refractivity contribution in [3.63, 3.8) is 0 Å². The van der Waals surface area contributed by atoms with Crippen LogP contribution in [0.15, 0.2) is 6.20 Å². The maximum Gasteiger partial charge on any atom is 0.177 e. The Morgan fingerprint density at radius 3 is 2.50 bits per heavy atom. The van der Waals surface area contributed by atoms with E-state index in [2.05, 4.69) is 25.8 Å². The van der Waals surface area contributed by atoms with Crippen LogP contribution in [-0.2, 0) is 12.1 Å². The van der Waals surface area contributed by atoms with Gasteiger partial charge in [0.2, 0.25) is 0 Å². The molecule has 0 fully saturated rings. The van der Waals surface area contributed by atoms with E-state index in [4.69, 9.17) is 17.3 Å². The SMILES string of the molecule is CC(C)(C)n1c(CO)c[nH]c1=S. The van der Waals surface area contributed by atoms with Crippen LogP contribution in [0.1, 0.15) is 26.5 Å². The molecule has 0 saturated carbocycles. The van der Waals surface area contributed by atoms with E-state index in [9.17, 15) is 0 Å². The average Bonchev–Trinajstić information content (AvgIpc) is 2.29. The van der Waals surface area contributed by atoms with Gasteiger partial charge in [-0.3, -0.25) is 0 Å². The van der Waals surface area contributed by atoms with Gasteiger partial charge in [-0.05, 0) is 33.0 Å². The highest BCUT2D eigenvalue weighted by molar-refractivity contribution is 7.71. The highest BCUT2D eigenvalue weighted by Gasteiger charge is 2.16. The van der Waals surface area contributed by atoms with Crippen LogP contribution in [0.5, 0.6) is 0 Å². The summed E-state index contributed by atoms with van der Waals surface area (Å²) >= 11 is 5.08. The van der Waals surface area contributed by atoms with Crippen molar-refractivity contribution in [3.8, 4) is 0 Å². The maximum atomic E-state index is 9.01. The van der Waals surface area contributed by atoms with Gasteiger partial charge in [0.25, 0.3) is 0 Å². The number of aromatic nitrogens is 2. The van der Waals surface area contributed by atoms with Crippen LogP contribution in [0.3, 0.4) is 0 Å². The number of imidazole rings is 1. The van der Waals surface area contributed by atoms with Crippen molar-refractivity contribution in [2.45, 2.75) is 32.9 Å². The van der Waals surface area contributed by atoms with Crippen molar-refractivity contribution < 1.29 is 5.11 Å². The number of aliphatic hydroxyl groups excluding tert-OH is 1. The van der Waals surface area contributed by atoms with Gasteiger partial charge in [-0.25, -0.2) is 0 Å². The molecule has 1 aromatic heterocycles. The predicted molar refractivity (Wildman–Crippen MR) is 50.5 cm³/mol. The summed E-state index contributed by atoms with van der Waals surface area (Å²) in [5, 5.41) is 9.01. The summed E-state index contributed by atoms with van der Waals surface area (Å²) < 4.78 is 2.58. The molecule has 3 nitrogen and oxygen atoms in total. The lowest BCUT2D eigenvalue weighted by atomic mass is 10.1. The molecule has 12 heavy (non-hydrogen) atoms. The Balaban J connectivity index is 3.29. The zero-order valence-electron chi connectivity index (χ0n) is 7.59. The maximum absolute atomic E-state index is 9.01. The minimum Gasteiger partial charge on any atom is -0.390 e. The lowest BCUT2D eigenvalue weighted by molar-refractivity contribution is 0.255. The number of nitrogens with one attached hydrogen (secondary N) is 1. The number of aromatic amines is 1. The van der Waals surface area contributed by atoms with E-state index >= 15 is 0 Å². The summed E-state index contributed by atoms with van der Waals surface area (Å²) in [7, 11) is 0. The van der Waals surface area contributed by atoms with Crippen molar-refractivity contribution >= 4 is 12.2 Å². The van der Waals surface area contributed by atoms with E-state index in [1.807, 2.05) is 4.57 Å². The molecule has 0 radical (unpaired) electrons. The molecule has 0 aromatic carbocycles. The molecule has 0 amide bonds. The van der Waals surface area contributed by atoms with Crippen molar-refractivity contribution in [3.05, 3.63) is 16.7 Å². The number of nitrogens with zero attached hydrogens (tertiary/aromatic N) is 1. The average molecular weight is 186 g/mol. The standard InChI is InChI=1S/C8H14N2OS/c1-8(2,3)10-6(5-11)4-9-7(10)12/h4,11H,5H2,1-3H3,(H,9,12). The summed E-state index contributed by atoms with van der Waals surface area (Å²) in [6.45, 7) is 6.17. The highest BCUT2D eigenvalue weighted by Crippen LogP contribution is 2.17. The third-order valence-corrected chi connectivity index (χ3v) is 1.99. The molecule has 68 valence electrons. The van der Waals surface area contributed by atoms with Crippen LogP contribution in [-0.4, -0.2) is 14.7 Å². The summed E-state index contributed by atoms with van der Waals surface area (Å²) in [6, 6.07) is 0. The van der Waals surface area contributed by atoms with E-state index in [1.165, 1.54) is 0 Å². The molecule has 2 N–H and O–H groups in total. The Kier molecular flexibility index (Phi) is 2.39. The number of H-pyrrole nitrogens is 1. The number of hydrogen-bond acceptors (Lipinski definition) is 2. The molecule has 0 aliphatic rings. The lowest BCUT2D eigenvalue weighted by Crippen LogP contribution is -2.24. The van der Waals surface area contributed by atoms with Gasteiger partial charge < -0.3 is 14.7 Å². The fourth-order valence-corrected chi connectivity index (χ4v) is 1.71. The second kappa shape index (κ2) is 3.03. The zero-order valence-corrected chi connectivity index (χ0v) is 8.40. The van der Waals surface area contributed by atoms with E-state index in [-0.39, 0.29) is 12.1 Å². The topological polar surface area (TPSA) is 41.0 Å². The van der Waals surface area contributed by atoms with E-state index in [0.29, 0.717) is 4.77 Å². The Hall–Kier alpha value is -0.610. The van der Waals surface area contributed by atoms with E-state index in [1.54, 1.807) is 6.20 Å². The molecule has 0 unspecified atom stereocenters. The molecule has 1 heterocycles. The first-order valence-corrected chi connectivity index (χ1v) is 4.28. The van der Waals surface area contributed by atoms with Gasteiger partial charge >= 0.3 is 0 Å². The molecule has 0 aliphatic heterocycles. The minimum atomic E-state index is -0.0743. The monoisotopic (exact) mass is 186 g/mol. The first kappa shape index (κ1) is 9.48. The summed E-state index contributed by atoms with van der Waals surface area (Å²) in [5.74, 6) is 0. The Labute approximate surface area is 77.0 Å².